The summed E-state index contributed by atoms with van der Waals surface area (Å²) in [5.41, 5.74) is 3.95. The van der Waals surface area contributed by atoms with Crippen LogP contribution in [0.15, 0.2) is 59.3 Å². The van der Waals surface area contributed by atoms with Gasteiger partial charge in [0.2, 0.25) is 0 Å². The van der Waals surface area contributed by atoms with E-state index in [1.165, 1.54) is 17.2 Å². The fourth-order valence-electron chi connectivity index (χ4n) is 2.78. The Balaban J connectivity index is 2.14. The van der Waals surface area contributed by atoms with Crippen LogP contribution in [-0.4, -0.2) is 12.6 Å². The number of allylic oxidation sites excluding steroid dienone is 9. The van der Waals surface area contributed by atoms with Crippen molar-refractivity contribution >= 4 is 5.97 Å². The summed E-state index contributed by atoms with van der Waals surface area (Å²) in [5, 5.41) is 0. The zero-order valence-electron chi connectivity index (χ0n) is 17.1. The van der Waals surface area contributed by atoms with Gasteiger partial charge in [-0.3, -0.25) is 0 Å². The Morgan fingerprint density at radius 2 is 1.96 bits per heavy atom. The molecule has 0 radical (unpaired) electrons. The quantitative estimate of drug-likeness (QED) is 0.229. The van der Waals surface area contributed by atoms with Crippen molar-refractivity contribution in [1.29, 1.82) is 0 Å². The van der Waals surface area contributed by atoms with Gasteiger partial charge < -0.3 is 4.74 Å². The Kier molecular flexibility index (Phi) is 11.4. The molecule has 1 aliphatic rings. The molecule has 0 saturated carbocycles. The van der Waals surface area contributed by atoms with Gasteiger partial charge in [0.25, 0.3) is 0 Å². The fourth-order valence-corrected chi connectivity index (χ4v) is 2.78. The van der Waals surface area contributed by atoms with Crippen LogP contribution in [0.25, 0.3) is 0 Å². The molecular weight excluding hydrogens is 320 g/mol. The molecule has 144 valence electrons. The van der Waals surface area contributed by atoms with Crippen LogP contribution in [0.2, 0.25) is 0 Å². The summed E-state index contributed by atoms with van der Waals surface area (Å²) in [6.45, 7) is 9.24. The predicted octanol–water partition coefficient (Wildman–Crippen LogP) is 6.86. The molecule has 0 aliphatic heterocycles. The minimum Gasteiger partial charge on any atom is -0.463 e. The van der Waals surface area contributed by atoms with Crippen LogP contribution < -0.4 is 0 Å². The van der Waals surface area contributed by atoms with Crippen molar-refractivity contribution in [3.8, 4) is 0 Å². The highest BCUT2D eigenvalue weighted by Gasteiger charge is 2.04. The summed E-state index contributed by atoms with van der Waals surface area (Å²) in [6, 6.07) is 0. The summed E-state index contributed by atoms with van der Waals surface area (Å²) in [5.74, 6) is 0.324. The second-order valence-electron chi connectivity index (χ2n) is 7.53. The van der Waals surface area contributed by atoms with E-state index in [4.69, 9.17) is 4.74 Å². The summed E-state index contributed by atoms with van der Waals surface area (Å²) in [4.78, 5) is 11.7. The van der Waals surface area contributed by atoms with E-state index in [2.05, 4.69) is 52.0 Å². The Labute approximate surface area is 160 Å². The number of hydrogen-bond donors (Lipinski definition) is 0. The van der Waals surface area contributed by atoms with Gasteiger partial charge in [-0.1, -0.05) is 48.5 Å². The molecule has 0 spiro atoms. The molecule has 0 N–H and O–H groups in total. The summed E-state index contributed by atoms with van der Waals surface area (Å²) in [6.07, 6.45) is 21.9. The first-order valence-electron chi connectivity index (χ1n) is 9.98. The minimum absolute atomic E-state index is 0.243. The van der Waals surface area contributed by atoms with E-state index in [0.29, 0.717) is 12.5 Å². The highest BCUT2D eigenvalue weighted by molar-refractivity contribution is 5.82. The van der Waals surface area contributed by atoms with E-state index < -0.39 is 0 Å². The third-order valence-electron chi connectivity index (χ3n) is 4.53. The molecule has 1 rings (SSSR count). The lowest BCUT2D eigenvalue weighted by Gasteiger charge is -2.10. The van der Waals surface area contributed by atoms with Gasteiger partial charge >= 0.3 is 5.97 Å². The van der Waals surface area contributed by atoms with E-state index in [9.17, 15) is 4.79 Å². The number of carbonyl (C=O) groups excluding carboxylic acids is 1. The van der Waals surface area contributed by atoms with E-state index in [1.807, 2.05) is 12.2 Å². The van der Waals surface area contributed by atoms with Crippen molar-refractivity contribution in [2.45, 2.75) is 72.6 Å². The Bertz CT molecular complexity index is 569. The monoisotopic (exact) mass is 356 g/mol. The molecule has 0 aromatic heterocycles. The zero-order chi connectivity index (χ0) is 19.2. The second-order valence-corrected chi connectivity index (χ2v) is 7.53. The minimum atomic E-state index is -0.243. The van der Waals surface area contributed by atoms with E-state index in [-0.39, 0.29) is 5.97 Å². The molecule has 2 heteroatoms. The number of carbonyl (C=O) groups is 1. The molecule has 0 heterocycles. The van der Waals surface area contributed by atoms with Gasteiger partial charge in [0.05, 0.1) is 6.61 Å². The molecule has 2 nitrogen and oxygen atoms in total. The summed E-state index contributed by atoms with van der Waals surface area (Å²) in [7, 11) is 0. The van der Waals surface area contributed by atoms with Crippen LogP contribution in [0.3, 0.4) is 0 Å². The standard InChI is InChI=1S/C24H36O2/c1-20(2)10-8-11-21(3)12-9-13-22(4)18-19-26-24(25)17-16-23-14-6-5-7-15-23/h6,10,12,14-17,22H,5,7-9,11,13,18-19H2,1-4H3/b17-16+,21-12+/t22-/m0/s1. The highest BCUT2D eigenvalue weighted by Crippen LogP contribution is 2.14. The Morgan fingerprint density at radius 3 is 2.65 bits per heavy atom. The lowest BCUT2D eigenvalue weighted by atomic mass is 10.0. The van der Waals surface area contributed by atoms with E-state index in [0.717, 1.165) is 50.5 Å². The molecular formula is C24H36O2. The number of rotatable bonds is 11. The number of ether oxygens (including phenoxy) is 1. The molecule has 0 aromatic carbocycles. The summed E-state index contributed by atoms with van der Waals surface area (Å²) >= 11 is 0. The number of hydrogen-bond acceptors (Lipinski definition) is 2. The molecule has 0 saturated heterocycles. The van der Waals surface area contributed by atoms with Gasteiger partial charge in [-0.05, 0) is 83.3 Å². The van der Waals surface area contributed by atoms with Crippen molar-refractivity contribution in [2.75, 3.05) is 6.61 Å². The van der Waals surface area contributed by atoms with Crippen molar-refractivity contribution in [1.82, 2.24) is 0 Å². The normalized spacial score (nSPS) is 15.7. The van der Waals surface area contributed by atoms with E-state index >= 15 is 0 Å². The molecule has 0 aromatic rings. The molecule has 0 fully saturated rings. The Morgan fingerprint density at radius 1 is 1.15 bits per heavy atom. The van der Waals surface area contributed by atoms with Gasteiger partial charge in [0.15, 0.2) is 0 Å². The van der Waals surface area contributed by atoms with Gasteiger partial charge in [0.1, 0.15) is 0 Å². The molecule has 0 unspecified atom stereocenters. The number of esters is 1. The van der Waals surface area contributed by atoms with Crippen LogP contribution in [0.1, 0.15) is 72.6 Å². The van der Waals surface area contributed by atoms with Crippen molar-refractivity contribution in [3.63, 3.8) is 0 Å². The van der Waals surface area contributed by atoms with Gasteiger partial charge in [-0.2, -0.15) is 0 Å². The van der Waals surface area contributed by atoms with Crippen LogP contribution in [0, 0.1) is 5.92 Å². The third-order valence-corrected chi connectivity index (χ3v) is 4.53. The van der Waals surface area contributed by atoms with Gasteiger partial charge in [0, 0.05) is 6.08 Å². The molecule has 26 heavy (non-hydrogen) atoms. The smallest absolute Gasteiger partial charge is 0.330 e. The first-order chi connectivity index (χ1) is 12.5. The van der Waals surface area contributed by atoms with Crippen molar-refractivity contribution < 1.29 is 9.53 Å². The first kappa shape index (κ1) is 22.2. The van der Waals surface area contributed by atoms with E-state index in [1.54, 1.807) is 0 Å². The predicted molar refractivity (Wildman–Crippen MR) is 112 cm³/mol. The van der Waals surface area contributed by atoms with Crippen LogP contribution in [0.5, 0.6) is 0 Å². The average molecular weight is 357 g/mol. The largest absolute Gasteiger partial charge is 0.463 e. The molecule has 0 amide bonds. The van der Waals surface area contributed by atoms with Gasteiger partial charge in [-0.25, -0.2) is 4.79 Å². The van der Waals surface area contributed by atoms with Crippen molar-refractivity contribution in [3.05, 3.63) is 59.3 Å². The SMILES string of the molecule is CC(C)=CCC/C(C)=C/CC[C@H](C)CCOC(=O)/C=C/C1=CCCC=C1. The first-order valence-corrected chi connectivity index (χ1v) is 9.98. The maximum atomic E-state index is 11.7. The highest BCUT2D eigenvalue weighted by atomic mass is 16.5. The molecule has 0 bridgehead atoms. The van der Waals surface area contributed by atoms with Crippen LogP contribution in [0.4, 0.5) is 0 Å². The van der Waals surface area contributed by atoms with Crippen molar-refractivity contribution in [2.24, 2.45) is 5.92 Å². The molecule has 1 aliphatic carbocycles. The van der Waals surface area contributed by atoms with Crippen LogP contribution in [-0.2, 0) is 9.53 Å². The zero-order valence-corrected chi connectivity index (χ0v) is 17.1. The third kappa shape index (κ3) is 11.7. The maximum absolute atomic E-state index is 11.7. The molecule has 1 atom stereocenters. The average Bonchev–Trinajstić information content (AvgIpc) is 2.60. The van der Waals surface area contributed by atoms with Crippen LogP contribution >= 0.6 is 0 Å². The lowest BCUT2D eigenvalue weighted by Crippen LogP contribution is -2.06. The topological polar surface area (TPSA) is 26.3 Å². The Hall–Kier alpha value is -1.83. The summed E-state index contributed by atoms with van der Waals surface area (Å²) < 4.78 is 5.31. The lowest BCUT2D eigenvalue weighted by molar-refractivity contribution is -0.138. The second kappa shape index (κ2) is 13.4. The van der Waals surface area contributed by atoms with Gasteiger partial charge in [-0.15, -0.1) is 0 Å². The fraction of sp³-hybridized carbons (Fsp3) is 0.542. The maximum Gasteiger partial charge on any atom is 0.330 e.